The fourth-order valence-corrected chi connectivity index (χ4v) is 4.50. The van der Waals surface area contributed by atoms with Crippen LogP contribution in [0.15, 0.2) is 52.8 Å². The maximum absolute atomic E-state index is 11.7. The third-order valence-corrected chi connectivity index (χ3v) is 6.90. The van der Waals surface area contributed by atoms with Crippen molar-refractivity contribution >= 4 is 17.7 Å². The van der Waals surface area contributed by atoms with Crippen LogP contribution < -0.4 is 10.8 Å². The average Bonchev–Trinajstić information content (AvgIpc) is 2.77. The number of ether oxygens (including phenoxy) is 1. The van der Waals surface area contributed by atoms with E-state index in [1.807, 2.05) is 32.4 Å². The Bertz CT molecular complexity index is 764. The van der Waals surface area contributed by atoms with Crippen LogP contribution in [0.4, 0.5) is 0 Å². The quantitative estimate of drug-likeness (QED) is 0.210. The summed E-state index contributed by atoms with van der Waals surface area (Å²) in [5.74, 6) is 0.704. The van der Waals surface area contributed by atoms with Gasteiger partial charge < -0.3 is 10.1 Å². The van der Waals surface area contributed by atoms with Crippen LogP contribution in [0.1, 0.15) is 66.9 Å². The SMILES string of the molecule is C=C(S/C=C(\C)C(C)ONC(Cc1ccccc1)CC(C)C)C(CC(NC)C(C)C)OC(C)=O. The summed E-state index contributed by atoms with van der Waals surface area (Å²) >= 11 is 1.51. The zero-order valence-electron chi connectivity index (χ0n) is 22.4. The van der Waals surface area contributed by atoms with Crippen LogP contribution in [-0.2, 0) is 20.8 Å². The predicted molar refractivity (Wildman–Crippen MR) is 145 cm³/mol. The topological polar surface area (TPSA) is 59.6 Å². The van der Waals surface area contributed by atoms with E-state index in [-0.39, 0.29) is 30.3 Å². The molecule has 192 valence electrons. The van der Waals surface area contributed by atoms with E-state index in [1.54, 1.807) is 0 Å². The van der Waals surface area contributed by atoms with Crippen molar-refractivity contribution in [1.29, 1.82) is 0 Å². The van der Waals surface area contributed by atoms with Gasteiger partial charge in [0.2, 0.25) is 0 Å². The summed E-state index contributed by atoms with van der Waals surface area (Å²) < 4.78 is 5.59. The number of rotatable bonds is 16. The first-order chi connectivity index (χ1) is 16.0. The number of carbonyl (C=O) groups excluding carboxylic acids is 1. The summed E-state index contributed by atoms with van der Waals surface area (Å²) in [6.45, 7) is 18.5. The Morgan fingerprint density at radius 1 is 1.09 bits per heavy atom. The second-order valence-electron chi connectivity index (χ2n) is 9.81. The highest BCUT2D eigenvalue weighted by Crippen LogP contribution is 2.28. The van der Waals surface area contributed by atoms with Gasteiger partial charge in [-0.15, -0.1) is 0 Å². The highest BCUT2D eigenvalue weighted by Gasteiger charge is 2.23. The van der Waals surface area contributed by atoms with Gasteiger partial charge in [0.1, 0.15) is 6.10 Å². The van der Waals surface area contributed by atoms with Gasteiger partial charge in [-0.2, -0.15) is 5.48 Å². The number of hydrogen-bond acceptors (Lipinski definition) is 6. The highest BCUT2D eigenvalue weighted by atomic mass is 32.2. The summed E-state index contributed by atoms with van der Waals surface area (Å²) in [5.41, 5.74) is 5.69. The van der Waals surface area contributed by atoms with Crippen molar-refractivity contribution in [3.63, 3.8) is 0 Å². The Balaban J connectivity index is 2.71. The van der Waals surface area contributed by atoms with Gasteiger partial charge in [0.05, 0.1) is 6.10 Å². The lowest BCUT2D eigenvalue weighted by Gasteiger charge is -2.26. The molecule has 1 aromatic carbocycles. The molecule has 6 heteroatoms. The summed E-state index contributed by atoms with van der Waals surface area (Å²) in [5, 5.41) is 5.36. The maximum atomic E-state index is 11.7. The lowest BCUT2D eigenvalue weighted by atomic mass is 9.98. The summed E-state index contributed by atoms with van der Waals surface area (Å²) in [6.07, 6.45) is 2.20. The molecule has 0 fully saturated rings. The zero-order valence-corrected chi connectivity index (χ0v) is 23.2. The Labute approximate surface area is 212 Å². The summed E-state index contributed by atoms with van der Waals surface area (Å²) in [7, 11) is 1.94. The normalized spacial score (nSPS) is 15.8. The van der Waals surface area contributed by atoms with Crippen LogP contribution in [0.3, 0.4) is 0 Å². The summed E-state index contributed by atoms with van der Waals surface area (Å²) in [4.78, 5) is 18.5. The number of esters is 1. The molecule has 1 rings (SSSR count). The van der Waals surface area contributed by atoms with Crippen molar-refractivity contribution in [1.82, 2.24) is 10.8 Å². The van der Waals surface area contributed by atoms with E-state index in [9.17, 15) is 4.79 Å². The number of hydrogen-bond donors (Lipinski definition) is 2. The smallest absolute Gasteiger partial charge is 0.303 e. The third-order valence-electron chi connectivity index (χ3n) is 5.84. The first-order valence-electron chi connectivity index (χ1n) is 12.3. The molecule has 34 heavy (non-hydrogen) atoms. The average molecular weight is 491 g/mol. The van der Waals surface area contributed by atoms with E-state index in [0.29, 0.717) is 18.3 Å². The number of nitrogens with one attached hydrogen (secondary N) is 2. The molecule has 0 aliphatic heterocycles. The first-order valence-corrected chi connectivity index (χ1v) is 13.2. The van der Waals surface area contributed by atoms with Crippen molar-refractivity contribution in [3.8, 4) is 0 Å². The van der Waals surface area contributed by atoms with Gasteiger partial charge in [0.15, 0.2) is 0 Å². The number of hydroxylamine groups is 1. The standard InChI is InChI=1S/C28H46N2O3S/c1-19(2)15-26(16-25-13-11-10-12-14-25)30-33-22(6)21(5)18-34-23(7)28(32-24(8)31)17-27(29-9)20(3)4/h10-14,18-20,22,26-30H,7,15-17H2,1-6,8-9H3/b21-18+. The molecule has 4 unspecified atom stereocenters. The molecule has 0 aliphatic carbocycles. The Morgan fingerprint density at radius 2 is 1.74 bits per heavy atom. The molecular weight excluding hydrogens is 444 g/mol. The van der Waals surface area contributed by atoms with Gasteiger partial charge in [0, 0.05) is 30.3 Å². The van der Waals surface area contributed by atoms with Crippen molar-refractivity contribution in [2.45, 2.75) is 92.0 Å². The number of benzene rings is 1. The maximum Gasteiger partial charge on any atom is 0.303 e. The monoisotopic (exact) mass is 490 g/mol. The molecule has 1 aromatic rings. The molecule has 0 saturated carbocycles. The Kier molecular flexibility index (Phi) is 14.4. The molecule has 0 spiro atoms. The molecule has 0 heterocycles. The molecule has 0 saturated heterocycles. The Hall–Kier alpha value is -1.60. The minimum absolute atomic E-state index is 0.0985. The lowest BCUT2D eigenvalue weighted by Crippen LogP contribution is -2.36. The van der Waals surface area contributed by atoms with Gasteiger partial charge in [-0.3, -0.25) is 9.63 Å². The van der Waals surface area contributed by atoms with Gasteiger partial charge in [-0.1, -0.05) is 76.4 Å². The Morgan fingerprint density at radius 3 is 2.26 bits per heavy atom. The van der Waals surface area contributed by atoms with Gasteiger partial charge in [-0.05, 0) is 62.1 Å². The van der Waals surface area contributed by atoms with E-state index in [4.69, 9.17) is 9.57 Å². The van der Waals surface area contributed by atoms with Crippen molar-refractivity contribution in [2.75, 3.05) is 7.05 Å². The summed E-state index contributed by atoms with van der Waals surface area (Å²) in [6, 6.07) is 11.0. The van der Waals surface area contributed by atoms with E-state index in [1.165, 1.54) is 24.2 Å². The molecule has 0 bridgehead atoms. The minimum Gasteiger partial charge on any atom is -0.457 e. The number of carbonyl (C=O) groups is 1. The van der Waals surface area contributed by atoms with E-state index >= 15 is 0 Å². The van der Waals surface area contributed by atoms with Gasteiger partial charge >= 0.3 is 5.97 Å². The van der Waals surface area contributed by atoms with Crippen LogP contribution in [0.5, 0.6) is 0 Å². The van der Waals surface area contributed by atoms with Gasteiger partial charge in [-0.25, -0.2) is 0 Å². The second kappa shape index (κ2) is 16.1. The van der Waals surface area contributed by atoms with Crippen LogP contribution in [0, 0.1) is 11.8 Å². The molecule has 0 aromatic heterocycles. The fourth-order valence-electron chi connectivity index (χ4n) is 3.67. The molecule has 2 N–H and O–H groups in total. The lowest BCUT2D eigenvalue weighted by molar-refractivity contribution is -0.144. The zero-order chi connectivity index (χ0) is 25.7. The molecule has 0 radical (unpaired) electrons. The minimum atomic E-state index is -0.345. The molecule has 0 amide bonds. The van der Waals surface area contributed by atoms with Crippen LogP contribution in [0.2, 0.25) is 0 Å². The number of thioether (sulfide) groups is 1. The van der Waals surface area contributed by atoms with E-state index in [0.717, 1.165) is 23.3 Å². The van der Waals surface area contributed by atoms with E-state index in [2.05, 4.69) is 69.3 Å². The molecular formula is C28H46N2O3S. The molecule has 5 nitrogen and oxygen atoms in total. The van der Waals surface area contributed by atoms with Crippen LogP contribution in [-0.4, -0.2) is 37.3 Å². The molecule has 0 aliphatic rings. The van der Waals surface area contributed by atoms with Crippen molar-refractivity contribution in [3.05, 3.63) is 58.4 Å². The highest BCUT2D eigenvalue weighted by molar-refractivity contribution is 8.05. The van der Waals surface area contributed by atoms with Crippen molar-refractivity contribution < 1.29 is 14.4 Å². The molecule has 4 atom stereocenters. The predicted octanol–water partition coefficient (Wildman–Crippen LogP) is 6.27. The fraction of sp³-hybridized carbons (Fsp3) is 0.607. The second-order valence-corrected chi connectivity index (χ2v) is 10.8. The van der Waals surface area contributed by atoms with Crippen molar-refractivity contribution in [2.24, 2.45) is 11.8 Å². The largest absolute Gasteiger partial charge is 0.457 e. The third kappa shape index (κ3) is 12.2. The van der Waals surface area contributed by atoms with Crippen LogP contribution >= 0.6 is 11.8 Å². The van der Waals surface area contributed by atoms with E-state index < -0.39 is 0 Å². The van der Waals surface area contributed by atoms with Crippen LogP contribution in [0.25, 0.3) is 0 Å². The van der Waals surface area contributed by atoms with Gasteiger partial charge in [0.25, 0.3) is 0 Å². The first kappa shape index (κ1) is 30.4.